The Kier molecular flexibility index (Phi) is 5.82. The van der Waals surface area contributed by atoms with Gasteiger partial charge in [-0.1, -0.05) is 30.3 Å². The van der Waals surface area contributed by atoms with Crippen LogP contribution >= 0.6 is 0 Å². The predicted octanol–water partition coefficient (Wildman–Crippen LogP) is 1.17. The first kappa shape index (κ1) is 13.3. The highest BCUT2D eigenvalue weighted by atomic mass is 16.5. The van der Waals surface area contributed by atoms with Crippen LogP contribution in [0.15, 0.2) is 36.0 Å². The van der Waals surface area contributed by atoms with Crippen molar-refractivity contribution in [1.29, 1.82) is 0 Å². The highest BCUT2D eigenvalue weighted by Crippen LogP contribution is 2.06. The maximum atomic E-state index is 11.6. The van der Waals surface area contributed by atoms with Crippen LogP contribution in [-0.4, -0.2) is 30.8 Å². The number of hydrogen-bond acceptors (Lipinski definition) is 4. The number of esters is 1. The van der Waals surface area contributed by atoms with Crippen molar-refractivity contribution in [2.24, 2.45) is 0 Å². The zero-order valence-electron chi connectivity index (χ0n) is 9.85. The van der Waals surface area contributed by atoms with E-state index in [1.165, 1.54) is 0 Å². The lowest BCUT2D eigenvalue weighted by molar-refractivity contribution is -0.138. The van der Waals surface area contributed by atoms with Crippen LogP contribution in [0.25, 0.3) is 6.08 Å². The molecule has 0 amide bonds. The maximum Gasteiger partial charge on any atom is 0.354 e. The number of carbonyl (C=O) groups is 1. The summed E-state index contributed by atoms with van der Waals surface area (Å²) in [6, 6.07) is 9.46. The third-order valence-electron chi connectivity index (χ3n) is 2.03. The molecule has 0 bridgehead atoms. The minimum atomic E-state index is -0.412. The molecule has 0 aliphatic carbocycles. The topological polar surface area (TPSA) is 58.6 Å². The SMILES string of the molecule is CCOC(=O)C(=Cc1ccccc1)NCCO. The Hall–Kier alpha value is -1.81. The van der Waals surface area contributed by atoms with Crippen molar-refractivity contribution < 1.29 is 14.6 Å². The van der Waals surface area contributed by atoms with Gasteiger partial charge in [0.2, 0.25) is 0 Å². The summed E-state index contributed by atoms with van der Waals surface area (Å²) in [6.45, 7) is 2.36. The molecule has 0 saturated carbocycles. The average molecular weight is 235 g/mol. The Morgan fingerprint density at radius 1 is 1.41 bits per heavy atom. The molecule has 4 nitrogen and oxygen atoms in total. The van der Waals surface area contributed by atoms with Crippen molar-refractivity contribution in [3.05, 3.63) is 41.6 Å². The van der Waals surface area contributed by atoms with Gasteiger partial charge >= 0.3 is 5.97 Å². The first-order chi connectivity index (χ1) is 8.27. The third kappa shape index (κ3) is 4.70. The van der Waals surface area contributed by atoms with Crippen molar-refractivity contribution in [3.8, 4) is 0 Å². The van der Waals surface area contributed by atoms with Crippen LogP contribution < -0.4 is 5.32 Å². The Morgan fingerprint density at radius 2 is 2.12 bits per heavy atom. The summed E-state index contributed by atoms with van der Waals surface area (Å²) in [5.41, 5.74) is 1.26. The highest BCUT2D eigenvalue weighted by Gasteiger charge is 2.09. The van der Waals surface area contributed by atoms with E-state index in [1.807, 2.05) is 30.3 Å². The standard InChI is InChI=1S/C13H17NO3/c1-2-17-13(16)12(14-8-9-15)10-11-6-4-3-5-7-11/h3-7,10,14-15H,2,8-9H2,1H3. The van der Waals surface area contributed by atoms with Crippen molar-refractivity contribution in [2.45, 2.75) is 6.92 Å². The average Bonchev–Trinajstić information content (AvgIpc) is 2.36. The first-order valence-electron chi connectivity index (χ1n) is 5.56. The molecule has 4 heteroatoms. The second-order valence-corrected chi connectivity index (χ2v) is 3.34. The molecule has 0 aromatic heterocycles. The van der Waals surface area contributed by atoms with Crippen molar-refractivity contribution in [3.63, 3.8) is 0 Å². The zero-order chi connectivity index (χ0) is 12.5. The van der Waals surface area contributed by atoms with Gasteiger partial charge in [-0.2, -0.15) is 0 Å². The number of hydrogen-bond donors (Lipinski definition) is 2. The lowest BCUT2D eigenvalue weighted by Gasteiger charge is -2.09. The minimum Gasteiger partial charge on any atom is -0.461 e. The van der Waals surface area contributed by atoms with Crippen LogP contribution in [0.4, 0.5) is 0 Å². The molecular weight excluding hydrogens is 218 g/mol. The molecule has 0 spiro atoms. The summed E-state index contributed by atoms with van der Waals surface area (Å²) in [7, 11) is 0. The molecule has 0 aliphatic rings. The number of aliphatic hydroxyl groups is 1. The van der Waals surface area contributed by atoms with E-state index < -0.39 is 5.97 Å². The largest absolute Gasteiger partial charge is 0.461 e. The number of ether oxygens (including phenoxy) is 1. The van der Waals surface area contributed by atoms with E-state index in [4.69, 9.17) is 9.84 Å². The van der Waals surface area contributed by atoms with Crippen LogP contribution in [0.3, 0.4) is 0 Å². The number of carbonyl (C=O) groups excluding carboxylic acids is 1. The van der Waals surface area contributed by atoms with E-state index in [-0.39, 0.29) is 6.61 Å². The number of rotatable bonds is 6. The summed E-state index contributed by atoms with van der Waals surface area (Å²) in [4.78, 5) is 11.6. The predicted molar refractivity (Wildman–Crippen MR) is 66.1 cm³/mol. The molecule has 0 radical (unpaired) electrons. The van der Waals surface area contributed by atoms with E-state index in [0.717, 1.165) is 5.56 Å². The second-order valence-electron chi connectivity index (χ2n) is 3.34. The van der Waals surface area contributed by atoms with Gasteiger partial charge in [-0.05, 0) is 18.6 Å². The Morgan fingerprint density at radius 3 is 2.71 bits per heavy atom. The number of nitrogens with one attached hydrogen (secondary N) is 1. The van der Waals surface area contributed by atoms with Crippen LogP contribution in [0, 0.1) is 0 Å². The fourth-order valence-electron chi connectivity index (χ4n) is 1.30. The fraction of sp³-hybridized carbons (Fsp3) is 0.308. The molecule has 0 aliphatic heterocycles. The van der Waals surface area contributed by atoms with Crippen LogP contribution in [-0.2, 0) is 9.53 Å². The van der Waals surface area contributed by atoms with Gasteiger partial charge in [0.15, 0.2) is 0 Å². The van der Waals surface area contributed by atoms with Crippen molar-refractivity contribution in [2.75, 3.05) is 19.8 Å². The molecular formula is C13H17NO3. The van der Waals surface area contributed by atoms with Gasteiger partial charge < -0.3 is 15.2 Å². The quantitative estimate of drug-likeness (QED) is 0.574. The number of benzene rings is 1. The molecule has 1 aromatic rings. The summed E-state index contributed by atoms with van der Waals surface area (Å²) < 4.78 is 4.92. The molecule has 1 aromatic carbocycles. The van der Waals surface area contributed by atoms with Crippen LogP contribution in [0.1, 0.15) is 12.5 Å². The lowest BCUT2D eigenvalue weighted by atomic mass is 10.2. The van der Waals surface area contributed by atoms with Crippen LogP contribution in [0.2, 0.25) is 0 Å². The molecule has 0 fully saturated rings. The molecule has 0 atom stereocenters. The highest BCUT2D eigenvalue weighted by molar-refractivity contribution is 5.93. The number of aliphatic hydroxyl groups excluding tert-OH is 1. The Balaban J connectivity index is 2.81. The van der Waals surface area contributed by atoms with E-state index in [2.05, 4.69) is 5.32 Å². The summed E-state index contributed by atoms with van der Waals surface area (Å²) in [5.74, 6) is -0.412. The maximum absolute atomic E-state index is 11.6. The van der Waals surface area contributed by atoms with E-state index in [1.54, 1.807) is 13.0 Å². The van der Waals surface area contributed by atoms with Crippen molar-refractivity contribution in [1.82, 2.24) is 5.32 Å². The molecule has 0 unspecified atom stereocenters. The van der Waals surface area contributed by atoms with E-state index in [0.29, 0.717) is 18.8 Å². The van der Waals surface area contributed by atoms with Gasteiger partial charge in [0, 0.05) is 6.54 Å². The van der Waals surface area contributed by atoms with E-state index in [9.17, 15) is 4.79 Å². The van der Waals surface area contributed by atoms with Gasteiger partial charge in [-0.15, -0.1) is 0 Å². The first-order valence-corrected chi connectivity index (χ1v) is 5.56. The van der Waals surface area contributed by atoms with Gasteiger partial charge in [-0.25, -0.2) is 4.79 Å². The normalized spacial score (nSPS) is 11.1. The van der Waals surface area contributed by atoms with Gasteiger partial charge in [0.1, 0.15) is 5.70 Å². The van der Waals surface area contributed by atoms with Gasteiger partial charge in [0.05, 0.1) is 13.2 Å². The third-order valence-corrected chi connectivity index (χ3v) is 2.03. The smallest absolute Gasteiger partial charge is 0.354 e. The molecule has 0 saturated heterocycles. The molecule has 17 heavy (non-hydrogen) atoms. The molecule has 0 heterocycles. The minimum absolute atomic E-state index is 0.0362. The lowest BCUT2D eigenvalue weighted by Crippen LogP contribution is -2.25. The fourth-order valence-corrected chi connectivity index (χ4v) is 1.30. The summed E-state index contributed by atoms with van der Waals surface area (Å²) >= 11 is 0. The molecule has 1 rings (SSSR count). The summed E-state index contributed by atoms with van der Waals surface area (Å²) in [6.07, 6.45) is 1.70. The molecule has 92 valence electrons. The van der Waals surface area contributed by atoms with Gasteiger partial charge in [-0.3, -0.25) is 0 Å². The zero-order valence-corrected chi connectivity index (χ0v) is 9.85. The Labute approximate surface area is 101 Å². The summed E-state index contributed by atoms with van der Waals surface area (Å²) in [5, 5.41) is 11.6. The van der Waals surface area contributed by atoms with Crippen LogP contribution in [0.5, 0.6) is 0 Å². The molecule has 2 N–H and O–H groups in total. The monoisotopic (exact) mass is 235 g/mol. The van der Waals surface area contributed by atoms with Crippen molar-refractivity contribution >= 4 is 12.0 Å². The Bertz CT molecular complexity index is 374. The van der Waals surface area contributed by atoms with Gasteiger partial charge in [0.25, 0.3) is 0 Å². The van der Waals surface area contributed by atoms with E-state index >= 15 is 0 Å². The second kappa shape index (κ2) is 7.46.